The number of thioether (sulfide) groups is 1. The maximum atomic E-state index is 11.1. The van der Waals surface area contributed by atoms with Gasteiger partial charge in [-0.05, 0) is 12.1 Å². The molecule has 0 atom stereocenters. The van der Waals surface area contributed by atoms with E-state index in [1.54, 1.807) is 7.11 Å². The van der Waals surface area contributed by atoms with Gasteiger partial charge in [0, 0.05) is 0 Å². The van der Waals surface area contributed by atoms with Gasteiger partial charge in [-0.3, -0.25) is 4.79 Å². The third kappa shape index (κ3) is 2.85. The van der Waals surface area contributed by atoms with Crippen molar-refractivity contribution in [3.63, 3.8) is 0 Å². The third-order valence-corrected chi connectivity index (χ3v) is 3.48. The summed E-state index contributed by atoms with van der Waals surface area (Å²) < 4.78 is 11.1. The maximum Gasteiger partial charge on any atom is 0.316 e. The van der Waals surface area contributed by atoms with Crippen LogP contribution < -0.4 is 10.6 Å². The summed E-state index contributed by atoms with van der Waals surface area (Å²) in [6.07, 6.45) is 0. The fourth-order valence-corrected chi connectivity index (χ4v) is 2.26. The normalized spacial score (nSPS) is 10.3. The summed E-state index contributed by atoms with van der Waals surface area (Å²) >= 11 is 1.16. The Morgan fingerprint density at radius 3 is 2.80 bits per heavy atom. The van der Waals surface area contributed by atoms with Gasteiger partial charge >= 0.3 is 5.97 Å². The lowest BCUT2D eigenvalue weighted by atomic mass is 10.2. The van der Waals surface area contributed by atoms with Gasteiger partial charge in [0.1, 0.15) is 5.75 Å². The molecule has 20 heavy (non-hydrogen) atoms. The molecule has 8 heteroatoms. The fraction of sp³-hybridized carbons (Fsp3) is 0.250. The smallest absolute Gasteiger partial charge is 0.316 e. The average Bonchev–Trinajstić information content (AvgIpc) is 2.85. The molecule has 7 nitrogen and oxygen atoms in total. The minimum absolute atomic E-state index is 0.123. The van der Waals surface area contributed by atoms with Crippen molar-refractivity contribution in [2.24, 2.45) is 0 Å². The Bertz CT molecular complexity index is 614. The van der Waals surface area contributed by atoms with E-state index in [0.717, 1.165) is 17.3 Å². The number of carbonyl (C=O) groups excluding carboxylic acids is 1. The molecule has 0 saturated heterocycles. The number of nitrogen functional groups attached to an aromatic ring is 1. The molecule has 0 aliphatic heterocycles. The van der Waals surface area contributed by atoms with Gasteiger partial charge in [-0.25, -0.2) is 4.68 Å². The number of ether oxygens (including phenoxy) is 2. The molecule has 0 radical (unpaired) electrons. The van der Waals surface area contributed by atoms with Crippen LogP contribution in [0.2, 0.25) is 0 Å². The van der Waals surface area contributed by atoms with E-state index in [4.69, 9.17) is 10.6 Å². The van der Waals surface area contributed by atoms with E-state index in [2.05, 4.69) is 14.9 Å². The van der Waals surface area contributed by atoms with Crippen LogP contribution in [0.25, 0.3) is 11.4 Å². The molecule has 0 bridgehead atoms. The van der Waals surface area contributed by atoms with E-state index in [-0.39, 0.29) is 11.7 Å². The van der Waals surface area contributed by atoms with Crippen molar-refractivity contribution in [2.45, 2.75) is 5.16 Å². The number of hydrogen-bond donors (Lipinski definition) is 1. The number of aromatic nitrogens is 3. The first kappa shape index (κ1) is 14.2. The molecule has 0 unspecified atom stereocenters. The molecule has 0 aliphatic carbocycles. The Morgan fingerprint density at radius 1 is 1.35 bits per heavy atom. The van der Waals surface area contributed by atoms with Gasteiger partial charge in [-0.2, -0.15) is 0 Å². The molecule has 106 valence electrons. The van der Waals surface area contributed by atoms with Crippen molar-refractivity contribution >= 4 is 17.7 Å². The maximum absolute atomic E-state index is 11.1. The standard InChI is InChI=1S/C12H14N4O3S/c1-18-9-6-4-3-5-8(9)11-14-15-12(16(11)13)20-7-10(17)19-2/h3-6H,7,13H2,1-2H3. The quantitative estimate of drug-likeness (QED) is 0.498. The summed E-state index contributed by atoms with van der Waals surface area (Å²) in [7, 11) is 2.90. The second kappa shape index (κ2) is 6.29. The Labute approximate surface area is 120 Å². The first-order chi connectivity index (χ1) is 9.67. The Hall–Kier alpha value is -2.22. The number of methoxy groups -OCH3 is 2. The predicted molar refractivity (Wildman–Crippen MR) is 74.9 cm³/mol. The molecule has 2 aromatic rings. The first-order valence-corrected chi connectivity index (χ1v) is 6.69. The van der Waals surface area contributed by atoms with E-state index in [1.165, 1.54) is 11.8 Å². The van der Waals surface area contributed by atoms with Crippen LogP contribution in [0.3, 0.4) is 0 Å². The second-order valence-corrected chi connectivity index (χ2v) is 4.68. The summed E-state index contributed by atoms with van der Waals surface area (Å²) in [6.45, 7) is 0. The van der Waals surface area contributed by atoms with E-state index < -0.39 is 0 Å². The second-order valence-electron chi connectivity index (χ2n) is 3.74. The van der Waals surface area contributed by atoms with Gasteiger partial charge in [-0.1, -0.05) is 23.9 Å². The number of rotatable bonds is 5. The average molecular weight is 294 g/mol. The van der Waals surface area contributed by atoms with Crippen LogP contribution in [0, 0.1) is 0 Å². The number of para-hydroxylation sites is 1. The summed E-state index contributed by atoms with van der Waals surface area (Å²) in [5.41, 5.74) is 0.731. The van der Waals surface area contributed by atoms with E-state index >= 15 is 0 Å². The monoisotopic (exact) mass is 294 g/mol. The summed E-state index contributed by atoms with van der Waals surface area (Å²) in [4.78, 5) is 11.1. The van der Waals surface area contributed by atoms with Gasteiger partial charge in [0.2, 0.25) is 5.16 Å². The van der Waals surface area contributed by atoms with Gasteiger partial charge in [0.25, 0.3) is 0 Å². The molecule has 0 spiro atoms. The highest BCUT2D eigenvalue weighted by Crippen LogP contribution is 2.29. The lowest BCUT2D eigenvalue weighted by Gasteiger charge is -2.07. The van der Waals surface area contributed by atoms with Crippen LogP contribution in [0.5, 0.6) is 5.75 Å². The lowest BCUT2D eigenvalue weighted by Crippen LogP contribution is -2.13. The minimum atomic E-state index is -0.350. The number of nitrogens with two attached hydrogens (primary N) is 1. The number of esters is 1. The van der Waals surface area contributed by atoms with Gasteiger partial charge in [0.15, 0.2) is 5.82 Å². The summed E-state index contributed by atoms with van der Waals surface area (Å²) in [5, 5.41) is 8.42. The number of benzene rings is 1. The van der Waals surface area contributed by atoms with Crippen molar-refractivity contribution in [1.29, 1.82) is 0 Å². The molecule has 0 saturated carbocycles. The minimum Gasteiger partial charge on any atom is -0.496 e. The van der Waals surface area contributed by atoms with Gasteiger partial charge < -0.3 is 15.3 Å². The van der Waals surface area contributed by atoms with Crippen LogP contribution in [0.15, 0.2) is 29.4 Å². The van der Waals surface area contributed by atoms with Crippen LogP contribution in [-0.4, -0.2) is 40.8 Å². The van der Waals surface area contributed by atoms with Crippen LogP contribution in [-0.2, 0) is 9.53 Å². The molecule has 1 aromatic heterocycles. The zero-order valence-electron chi connectivity index (χ0n) is 11.1. The molecular formula is C12H14N4O3S. The molecule has 2 rings (SSSR count). The SMILES string of the molecule is COC(=O)CSc1nnc(-c2ccccc2OC)n1N. The highest BCUT2D eigenvalue weighted by molar-refractivity contribution is 7.99. The van der Waals surface area contributed by atoms with Crippen molar-refractivity contribution < 1.29 is 14.3 Å². The summed E-state index contributed by atoms with van der Waals surface area (Å²) in [5.74, 6) is 6.84. The van der Waals surface area contributed by atoms with Crippen molar-refractivity contribution in [2.75, 3.05) is 25.8 Å². The Balaban J connectivity index is 2.26. The first-order valence-electron chi connectivity index (χ1n) is 5.71. The number of hydrogen-bond acceptors (Lipinski definition) is 7. The van der Waals surface area contributed by atoms with Crippen LogP contribution in [0.1, 0.15) is 0 Å². The molecule has 1 aromatic carbocycles. The lowest BCUT2D eigenvalue weighted by molar-refractivity contribution is -0.137. The molecule has 0 amide bonds. The zero-order valence-corrected chi connectivity index (χ0v) is 11.9. The molecule has 1 heterocycles. The fourth-order valence-electron chi connectivity index (χ4n) is 1.57. The van der Waals surface area contributed by atoms with Gasteiger partial charge in [0.05, 0.1) is 25.5 Å². The van der Waals surface area contributed by atoms with Crippen LogP contribution in [0.4, 0.5) is 0 Å². The van der Waals surface area contributed by atoms with E-state index in [9.17, 15) is 4.79 Å². The Kier molecular flexibility index (Phi) is 4.46. The largest absolute Gasteiger partial charge is 0.496 e. The Morgan fingerprint density at radius 2 is 2.10 bits per heavy atom. The van der Waals surface area contributed by atoms with Crippen LogP contribution >= 0.6 is 11.8 Å². The van der Waals surface area contributed by atoms with Crippen molar-refractivity contribution in [3.05, 3.63) is 24.3 Å². The van der Waals surface area contributed by atoms with Crippen molar-refractivity contribution in [3.8, 4) is 17.1 Å². The van der Waals surface area contributed by atoms with Gasteiger partial charge in [-0.15, -0.1) is 10.2 Å². The molecule has 0 aliphatic rings. The summed E-state index contributed by atoms with van der Waals surface area (Å²) in [6, 6.07) is 7.35. The molecular weight excluding hydrogens is 280 g/mol. The highest BCUT2D eigenvalue weighted by atomic mass is 32.2. The topological polar surface area (TPSA) is 92.3 Å². The van der Waals surface area contributed by atoms with Crippen molar-refractivity contribution in [1.82, 2.24) is 14.9 Å². The highest BCUT2D eigenvalue weighted by Gasteiger charge is 2.16. The number of nitrogens with zero attached hydrogens (tertiary/aromatic N) is 3. The van der Waals surface area contributed by atoms with E-state index in [0.29, 0.717) is 16.7 Å². The van der Waals surface area contributed by atoms with E-state index in [1.807, 2.05) is 24.3 Å². The third-order valence-electron chi connectivity index (χ3n) is 2.56. The zero-order chi connectivity index (χ0) is 14.5. The predicted octanol–water partition coefficient (Wildman–Crippen LogP) is 0.933. The number of carbonyl (C=O) groups is 1. The molecule has 0 fully saturated rings. The molecule has 2 N–H and O–H groups in total.